The topological polar surface area (TPSA) is 100.0 Å². The zero-order valence-electron chi connectivity index (χ0n) is 10.4. The fourth-order valence-electron chi connectivity index (χ4n) is 1.40. The third-order valence-corrected chi connectivity index (χ3v) is 2.66. The molecule has 0 bridgehead atoms. The molecule has 1 rings (SSSR count). The molecule has 1 unspecified atom stereocenters. The van der Waals surface area contributed by atoms with Crippen molar-refractivity contribution >= 4 is 21.9 Å². The van der Waals surface area contributed by atoms with Crippen molar-refractivity contribution in [2.45, 2.75) is 13.0 Å². The molecule has 1 N–H and O–H groups in total. The number of hydrogen-bond donors (Lipinski definition) is 1. The standard InChI is InChI=1S/C11H14BrN5O2/c1-2-19-11(18)10(14-5-6-16-17-13)9-4-3-8(12)7-15-9/h3-4,7,10,14H,2,5-6H2,1H3. The SMILES string of the molecule is CCOC(=O)C(NCCN=[N+]=[N-])c1ccc(Br)cn1. The van der Waals surface area contributed by atoms with Crippen LogP contribution in [-0.4, -0.2) is 30.6 Å². The maximum atomic E-state index is 11.9. The van der Waals surface area contributed by atoms with Crippen LogP contribution in [0.3, 0.4) is 0 Å². The average Bonchev–Trinajstić information content (AvgIpc) is 2.40. The van der Waals surface area contributed by atoms with Crippen LogP contribution in [0.1, 0.15) is 18.7 Å². The highest BCUT2D eigenvalue weighted by Gasteiger charge is 2.22. The third kappa shape index (κ3) is 5.25. The van der Waals surface area contributed by atoms with E-state index < -0.39 is 12.0 Å². The number of aromatic nitrogens is 1. The molecule has 1 aromatic heterocycles. The monoisotopic (exact) mass is 327 g/mol. The molecule has 8 heteroatoms. The molecule has 1 aromatic rings. The summed E-state index contributed by atoms with van der Waals surface area (Å²) in [6.45, 7) is 2.65. The average molecular weight is 328 g/mol. The van der Waals surface area contributed by atoms with Crippen molar-refractivity contribution < 1.29 is 9.53 Å². The molecule has 0 saturated carbocycles. The van der Waals surface area contributed by atoms with Gasteiger partial charge in [0, 0.05) is 28.7 Å². The number of ether oxygens (including phenoxy) is 1. The second-order valence-electron chi connectivity index (χ2n) is 3.49. The Morgan fingerprint density at radius 2 is 2.47 bits per heavy atom. The molecule has 7 nitrogen and oxygen atoms in total. The lowest BCUT2D eigenvalue weighted by atomic mass is 10.2. The van der Waals surface area contributed by atoms with E-state index >= 15 is 0 Å². The Kier molecular flexibility index (Phi) is 6.88. The van der Waals surface area contributed by atoms with Crippen LogP contribution in [0.2, 0.25) is 0 Å². The van der Waals surface area contributed by atoms with Crippen LogP contribution in [0.4, 0.5) is 0 Å². The third-order valence-electron chi connectivity index (χ3n) is 2.19. The van der Waals surface area contributed by atoms with Crippen molar-refractivity contribution in [1.82, 2.24) is 10.3 Å². The lowest BCUT2D eigenvalue weighted by Crippen LogP contribution is -2.32. The number of azide groups is 1. The Morgan fingerprint density at radius 1 is 1.68 bits per heavy atom. The Balaban J connectivity index is 2.76. The minimum atomic E-state index is -0.665. The summed E-state index contributed by atoms with van der Waals surface area (Å²) in [4.78, 5) is 18.7. The minimum absolute atomic E-state index is 0.253. The van der Waals surface area contributed by atoms with Crippen LogP contribution in [-0.2, 0) is 9.53 Å². The second kappa shape index (κ2) is 8.47. The van der Waals surface area contributed by atoms with Crippen LogP contribution >= 0.6 is 15.9 Å². The van der Waals surface area contributed by atoms with Crippen LogP contribution in [0.25, 0.3) is 10.4 Å². The van der Waals surface area contributed by atoms with Gasteiger partial charge in [-0.25, -0.2) is 4.79 Å². The quantitative estimate of drug-likeness (QED) is 0.273. The zero-order valence-corrected chi connectivity index (χ0v) is 12.0. The normalized spacial score (nSPS) is 11.5. The van der Waals surface area contributed by atoms with Gasteiger partial charge in [-0.1, -0.05) is 5.11 Å². The van der Waals surface area contributed by atoms with Gasteiger partial charge in [0.15, 0.2) is 0 Å². The van der Waals surface area contributed by atoms with Gasteiger partial charge in [0.25, 0.3) is 0 Å². The van der Waals surface area contributed by atoms with Gasteiger partial charge in [-0.05, 0) is 40.5 Å². The van der Waals surface area contributed by atoms with E-state index in [4.69, 9.17) is 10.3 Å². The van der Waals surface area contributed by atoms with E-state index in [2.05, 4.69) is 36.3 Å². The first-order valence-electron chi connectivity index (χ1n) is 5.71. The largest absolute Gasteiger partial charge is 0.465 e. The highest BCUT2D eigenvalue weighted by atomic mass is 79.9. The lowest BCUT2D eigenvalue weighted by molar-refractivity contribution is -0.145. The molecule has 0 amide bonds. The maximum absolute atomic E-state index is 11.9. The van der Waals surface area contributed by atoms with E-state index in [0.717, 1.165) is 4.47 Å². The first-order chi connectivity index (χ1) is 9.19. The van der Waals surface area contributed by atoms with Gasteiger partial charge in [-0.15, -0.1) is 0 Å². The number of pyridine rings is 1. The first-order valence-corrected chi connectivity index (χ1v) is 6.50. The second-order valence-corrected chi connectivity index (χ2v) is 4.41. The highest BCUT2D eigenvalue weighted by molar-refractivity contribution is 9.10. The van der Waals surface area contributed by atoms with E-state index in [0.29, 0.717) is 18.8 Å². The molecule has 19 heavy (non-hydrogen) atoms. The van der Waals surface area contributed by atoms with Gasteiger partial charge in [0.1, 0.15) is 6.04 Å². The van der Waals surface area contributed by atoms with E-state index in [1.165, 1.54) is 0 Å². The van der Waals surface area contributed by atoms with Crippen LogP contribution in [0, 0.1) is 0 Å². The lowest BCUT2D eigenvalue weighted by Gasteiger charge is -2.16. The molecular formula is C11H14BrN5O2. The molecule has 1 atom stereocenters. The molecule has 1 heterocycles. The summed E-state index contributed by atoms with van der Waals surface area (Å²) in [5, 5.41) is 6.35. The van der Waals surface area contributed by atoms with Gasteiger partial charge < -0.3 is 4.74 Å². The van der Waals surface area contributed by atoms with Crippen LogP contribution < -0.4 is 5.32 Å². The summed E-state index contributed by atoms with van der Waals surface area (Å²) in [7, 11) is 0. The van der Waals surface area contributed by atoms with Crippen molar-refractivity contribution in [3.63, 3.8) is 0 Å². The number of nitrogens with one attached hydrogen (secondary N) is 1. The van der Waals surface area contributed by atoms with Crippen molar-refractivity contribution in [1.29, 1.82) is 0 Å². The maximum Gasteiger partial charge on any atom is 0.329 e. The van der Waals surface area contributed by atoms with Gasteiger partial charge in [-0.2, -0.15) is 0 Å². The summed E-state index contributed by atoms with van der Waals surface area (Å²) < 4.78 is 5.82. The number of halogens is 1. The van der Waals surface area contributed by atoms with Crippen molar-refractivity contribution in [2.75, 3.05) is 19.7 Å². The molecule has 0 aliphatic heterocycles. The summed E-state index contributed by atoms with van der Waals surface area (Å²) in [5.41, 5.74) is 8.75. The molecule has 0 aliphatic carbocycles. The fraction of sp³-hybridized carbons (Fsp3) is 0.455. The minimum Gasteiger partial charge on any atom is -0.465 e. The smallest absolute Gasteiger partial charge is 0.329 e. The number of rotatable bonds is 7. The van der Waals surface area contributed by atoms with Crippen molar-refractivity contribution in [3.8, 4) is 0 Å². The zero-order chi connectivity index (χ0) is 14.1. The predicted molar refractivity (Wildman–Crippen MR) is 73.3 cm³/mol. The van der Waals surface area contributed by atoms with Crippen LogP contribution in [0.15, 0.2) is 27.9 Å². The number of nitrogens with zero attached hydrogens (tertiary/aromatic N) is 4. The summed E-state index contributed by atoms with van der Waals surface area (Å²) in [5.74, 6) is -0.404. The molecule has 0 saturated heterocycles. The molecule has 0 radical (unpaired) electrons. The summed E-state index contributed by atoms with van der Waals surface area (Å²) in [6.07, 6.45) is 1.61. The molecule has 0 aliphatic rings. The highest BCUT2D eigenvalue weighted by Crippen LogP contribution is 2.15. The molecule has 0 aromatic carbocycles. The van der Waals surface area contributed by atoms with Crippen LogP contribution in [0.5, 0.6) is 0 Å². The number of hydrogen-bond acceptors (Lipinski definition) is 5. The van der Waals surface area contributed by atoms with E-state index in [1.807, 2.05) is 0 Å². The Morgan fingerprint density at radius 3 is 3.05 bits per heavy atom. The number of esters is 1. The molecule has 102 valence electrons. The fourth-order valence-corrected chi connectivity index (χ4v) is 1.63. The summed E-state index contributed by atoms with van der Waals surface area (Å²) in [6, 6.07) is 2.86. The summed E-state index contributed by atoms with van der Waals surface area (Å²) >= 11 is 3.28. The molecular weight excluding hydrogens is 314 g/mol. The number of carbonyl (C=O) groups excluding carboxylic acids is 1. The van der Waals surface area contributed by atoms with E-state index in [1.54, 1.807) is 25.3 Å². The Labute approximate surface area is 119 Å². The number of carbonyl (C=O) groups is 1. The van der Waals surface area contributed by atoms with Crippen molar-refractivity contribution in [2.24, 2.45) is 5.11 Å². The molecule has 0 fully saturated rings. The first kappa shape index (κ1) is 15.4. The van der Waals surface area contributed by atoms with Gasteiger partial charge in [0.2, 0.25) is 0 Å². The Hall–Kier alpha value is -1.63. The molecule has 0 spiro atoms. The Bertz CT molecular complexity index is 459. The van der Waals surface area contributed by atoms with E-state index in [-0.39, 0.29) is 6.54 Å². The van der Waals surface area contributed by atoms with E-state index in [9.17, 15) is 4.79 Å². The predicted octanol–water partition coefficient (Wildman–Crippen LogP) is 2.35. The van der Waals surface area contributed by atoms with Crippen molar-refractivity contribution in [3.05, 3.63) is 38.9 Å². The van der Waals surface area contributed by atoms with Gasteiger partial charge >= 0.3 is 5.97 Å². The van der Waals surface area contributed by atoms with Gasteiger partial charge in [-0.3, -0.25) is 10.3 Å². The van der Waals surface area contributed by atoms with Gasteiger partial charge in [0.05, 0.1) is 12.3 Å².